The van der Waals surface area contributed by atoms with E-state index < -0.39 is 0 Å². The largest absolute Gasteiger partial charge is 0.380 e. The molecular formula is C16H24N2O2. The van der Waals surface area contributed by atoms with Gasteiger partial charge in [0.05, 0.1) is 6.61 Å². The first-order valence-electron chi connectivity index (χ1n) is 7.27. The number of carbonyl (C=O) groups is 1. The predicted octanol–water partition coefficient (Wildman–Crippen LogP) is 1.84. The smallest absolute Gasteiger partial charge is 0.223 e. The van der Waals surface area contributed by atoms with Crippen molar-refractivity contribution in [1.82, 2.24) is 10.6 Å². The van der Waals surface area contributed by atoms with E-state index in [2.05, 4.69) is 23.6 Å². The average Bonchev–Trinajstić information content (AvgIpc) is 2.45. The van der Waals surface area contributed by atoms with Crippen molar-refractivity contribution in [1.29, 1.82) is 0 Å². The zero-order valence-corrected chi connectivity index (χ0v) is 12.3. The molecule has 2 rings (SSSR count). The van der Waals surface area contributed by atoms with Gasteiger partial charge in [-0.15, -0.1) is 0 Å². The Morgan fingerprint density at radius 1 is 1.45 bits per heavy atom. The number of methoxy groups -OCH3 is 1. The third-order valence-electron chi connectivity index (χ3n) is 3.76. The van der Waals surface area contributed by atoms with Gasteiger partial charge < -0.3 is 15.4 Å². The van der Waals surface area contributed by atoms with E-state index in [4.69, 9.17) is 4.74 Å². The Hall–Kier alpha value is -1.39. The van der Waals surface area contributed by atoms with E-state index in [1.165, 1.54) is 0 Å². The molecule has 4 heteroatoms. The minimum Gasteiger partial charge on any atom is -0.380 e. The Kier molecular flexibility index (Phi) is 5.56. The van der Waals surface area contributed by atoms with Crippen molar-refractivity contribution < 1.29 is 9.53 Å². The second-order valence-electron chi connectivity index (χ2n) is 5.55. The third-order valence-corrected chi connectivity index (χ3v) is 3.76. The number of rotatable bonds is 5. The average molecular weight is 276 g/mol. The molecule has 0 unspecified atom stereocenters. The molecule has 1 aromatic carbocycles. The minimum atomic E-state index is 0.147. The summed E-state index contributed by atoms with van der Waals surface area (Å²) in [6, 6.07) is 8.58. The summed E-state index contributed by atoms with van der Waals surface area (Å²) in [7, 11) is 1.69. The van der Waals surface area contributed by atoms with Gasteiger partial charge in [0.2, 0.25) is 5.91 Å². The van der Waals surface area contributed by atoms with Crippen LogP contribution in [-0.2, 0) is 22.7 Å². The monoisotopic (exact) mass is 276 g/mol. The fourth-order valence-corrected chi connectivity index (χ4v) is 2.70. The molecule has 1 saturated heterocycles. The van der Waals surface area contributed by atoms with Crippen molar-refractivity contribution in [3.05, 3.63) is 35.4 Å². The number of amides is 1. The van der Waals surface area contributed by atoms with Crippen LogP contribution in [0.25, 0.3) is 0 Å². The highest BCUT2D eigenvalue weighted by atomic mass is 16.5. The number of hydrogen-bond acceptors (Lipinski definition) is 3. The lowest BCUT2D eigenvalue weighted by Crippen LogP contribution is -2.42. The minimum absolute atomic E-state index is 0.147. The Morgan fingerprint density at radius 2 is 2.25 bits per heavy atom. The topological polar surface area (TPSA) is 50.4 Å². The van der Waals surface area contributed by atoms with Crippen molar-refractivity contribution in [2.75, 3.05) is 13.7 Å². The molecule has 1 aromatic rings. The zero-order chi connectivity index (χ0) is 14.4. The number of hydrogen-bond donors (Lipinski definition) is 2. The standard InChI is InChI=1S/C16H24N2O2/c1-12-8-15(6-7-17-12)16(19)18-10-13-4-3-5-14(9-13)11-20-2/h3-5,9,12,15,17H,6-8,10-11H2,1-2H3,(H,18,19)/t12-,15-/m0/s1. The molecule has 0 aliphatic carbocycles. The Bertz CT molecular complexity index is 448. The van der Waals surface area contributed by atoms with Gasteiger partial charge in [-0.2, -0.15) is 0 Å². The summed E-state index contributed by atoms with van der Waals surface area (Å²) in [5.41, 5.74) is 2.25. The molecule has 2 atom stereocenters. The molecule has 2 N–H and O–H groups in total. The highest BCUT2D eigenvalue weighted by molar-refractivity contribution is 5.78. The van der Waals surface area contributed by atoms with E-state index in [9.17, 15) is 4.79 Å². The number of piperidine rings is 1. The zero-order valence-electron chi connectivity index (χ0n) is 12.3. The first kappa shape index (κ1) is 15.0. The van der Waals surface area contributed by atoms with Crippen molar-refractivity contribution in [2.45, 2.75) is 39.0 Å². The Balaban J connectivity index is 1.85. The van der Waals surface area contributed by atoms with Crippen LogP contribution in [0.1, 0.15) is 30.9 Å². The lowest BCUT2D eigenvalue weighted by molar-refractivity contribution is -0.126. The van der Waals surface area contributed by atoms with Crippen molar-refractivity contribution in [3.63, 3.8) is 0 Å². The molecule has 1 heterocycles. The summed E-state index contributed by atoms with van der Waals surface area (Å²) in [5, 5.41) is 6.42. The van der Waals surface area contributed by atoms with Crippen LogP contribution in [0.3, 0.4) is 0 Å². The molecule has 4 nitrogen and oxygen atoms in total. The van der Waals surface area contributed by atoms with Crippen LogP contribution in [0.4, 0.5) is 0 Å². The van der Waals surface area contributed by atoms with Crippen LogP contribution in [0.15, 0.2) is 24.3 Å². The first-order valence-corrected chi connectivity index (χ1v) is 7.27. The van der Waals surface area contributed by atoms with Crippen LogP contribution in [0, 0.1) is 5.92 Å². The SMILES string of the molecule is COCc1cccc(CNC(=O)[C@H]2CCN[C@@H](C)C2)c1. The number of nitrogens with one attached hydrogen (secondary N) is 2. The van der Waals surface area contributed by atoms with Gasteiger partial charge in [-0.25, -0.2) is 0 Å². The van der Waals surface area contributed by atoms with E-state index in [1.54, 1.807) is 7.11 Å². The quantitative estimate of drug-likeness (QED) is 0.863. The Labute approximate surface area is 120 Å². The summed E-state index contributed by atoms with van der Waals surface area (Å²) in [5.74, 6) is 0.323. The molecule has 0 saturated carbocycles. The van der Waals surface area contributed by atoms with Gasteiger partial charge in [0, 0.05) is 25.6 Å². The van der Waals surface area contributed by atoms with Gasteiger partial charge in [-0.1, -0.05) is 24.3 Å². The van der Waals surface area contributed by atoms with Crippen LogP contribution in [-0.4, -0.2) is 25.6 Å². The fourth-order valence-electron chi connectivity index (χ4n) is 2.70. The second-order valence-corrected chi connectivity index (χ2v) is 5.55. The predicted molar refractivity (Wildman–Crippen MR) is 79.2 cm³/mol. The van der Waals surface area contributed by atoms with Crippen LogP contribution < -0.4 is 10.6 Å². The fraction of sp³-hybridized carbons (Fsp3) is 0.562. The van der Waals surface area contributed by atoms with Gasteiger partial charge in [0.25, 0.3) is 0 Å². The highest BCUT2D eigenvalue weighted by Crippen LogP contribution is 2.16. The van der Waals surface area contributed by atoms with Crippen molar-refractivity contribution >= 4 is 5.91 Å². The molecule has 0 bridgehead atoms. The van der Waals surface area contributed by atoms with E-state index in [-0.39, 0.29) is 11.8 Å². The third kappa shape index (κ3) is 4.32. The van der Waals surface area contributed by atoms with Crippen LogP contribution in [0.2, 0.25) is 0 Å². The van der Waals surface area contributed by atoms with E-state index in [0.717, 1.165) is 30.5 Å². The van der Waals surface area contributed by atoms with Crippen LogP contribution >= 0.6 is 0 Å². The van der Waals surface area contributed by atoms with Crippen molar-refractivity contribution in [3.8, 4) is 0 Å². The molecule has 0 aromatic heterocycles. The summed E-state index contributed by atoms with van der Waals surface area (Å²) in [4.78, 5) is 12.2. The summed E-state index contributed by atoms with van der Waals surface area (Å²) in [6.07, 6.45) is 1.86. The maximum atomic E-state index is 12.2. The lowest BCUT2D eigenvalue weighted by atomic mass is 9.92. The second kappa shape index (κ2) is 7.41. The molecule has 1 aliphatic heterocycles. The molecule has 20 heavy (non-hydrogen) atoms. The molecule has 110 valence electrons. The maximum Gasteiger partial charge on any atom is 0.223 e. The maximum absolute atomic E-state index is 12.2. The Morgan fingerprint density at radius 3 is 3.00 bits per heavy atom. The van der Waals surface area contributed by atoms with E-state index in [1.807, 2.05) is 18.2 Å². The molecule has 1 aliphatic rings. The summed E-state index contributed by atoms with van der Waals surface area (Å²) in [6.45, 7) is 4.26. The van der Waals surface area contributed by atoms with Gasteiger partial charge in [-0.05, 0) is 37.4 Å². The van der Waals surface area contributed by atoms with Gasteiger partial charge in [0.15, 0.2) is 0 Å². The molecule has 1 amide bonds. The van der Waals surface area contributed by atoms with Crippen molar-refractivity contribution in [2.24, 2.45) is 5.92 Å². The molecule has 0 radical (unpaired) electrons. The van der Waals surface area contributed by atoms with E-state index in [0.29, 0.717) is 19.2 Å². The number of carbonyl (C=O) groups excluding carboxylic acids is 1. The normalized spacial score (nSPS) is 22.5. The number of benzene rings is 1. The molecule has 1 fully saturated rings. The van der Waals surface area contributed by atoms with Gasteiger partial charge in [-0.3, -0.25) is 4.79 Å². The van der Waals surface area contributed by atoms with Gasteiger partial charge in [0.1, 0.15) is 0 Å². The lowest BCUT2D eigenvalue weighted by Gasteiger charge is -2.27. The first-order chi connectivity index (χ1) is 9.69. The highest BCUT2D eigenvalue weighted by Gasteiger charge is 2.24. The molecule has 0 spiro atoms. The van der Waals surface area contributed by atoms with E-state index >= 15 is 0 Å². The van der Waals surface area contributed by atoms with Gasteiger partial charge >= 0.3 is 0 Å². The molecular weight excluding hydrogens is 252 g/mol. The summed E-state index contributed by atoms with van der Waals surface area (Å²) >= 11 is 0. The number of ether oxygens (including phenoxy) is 1. The van der Waals surface area contributed by atoms with Crippen LogP contribution in [0.5, 0.6) is 0 Å². The summed E-state index contributed by atoms with van der Waals surface area (Å²) < 4.78 is 5.12.